The zero-order chi connectivity index (χ0) is 16.5. The van der Waals surface area contributed by atoms with Crippen LogP contribution < -0.4 is 0 Å². The lowest BCUT2D eigenvalue weighted by Gasteiger charge is -2.16. The molecule has 0 aliphatic heterocycles. The highest BCUT2D eigenvalue weighted by Gasteiger charge is 2.21. The Morgan fingerprint density at radius 1 is 1.26 bits per heavy atom. The van der Waals surface area contributed by atoms with E-state index in [1.165, 1.54) is 0 Å². The quantitative estimate of drug-likeness (QED) is 0.444. The average molecular weight is 320 g/mol. The number of nitrogens with zero attached hydrogens (tertiary/aromatic N) is 2. The summed E-state index contributed by atoms with van der Waals surface area (Å²) in [5.41, 5.74) is 3.11. The van der Waals surface area contributed by atoms with Gasteiger partial charge in [-0.15, -0.1) is 0 Å². The Balaban J connectivity index is 1.82. The van der Waals surface area contributed by atoms with Gasteiger partial charge in [-0.05, 0) is 25.3 Å². The van der Waals surface area contributed by atoms with Crippen molar-refractivity contribution < 1.29 is 19.5 Å². The van der Waals surface area contributed by atoms with Crippen molar-refractivity contribution in [3.05, 3.63) is 23.2 Å². The topological polar surface area (TPSA) is 78.4 Å². The van der Waals surface area contributed by atoms with Gasteiger partial charge in [0.05, 0.1) is 31.7 Å². The highest BCUT2D eigenvalue weighted by molar-refractivity contribution is 6.03. The summed E-state index contributed by atoms with van der Waals surface area (Å²) < 4.78 is 5.52. The van der Waals surface area contributed by atoms with Crippen molar-refractivity contribution in [2.75, 3.05) is 39.5 Å². The Morgan fingerprint density at radius 2 is 2.04 bits per heavy atom. The van der Waals surface area contributed by atoms with Gasteiger partial charge in [-0.25, -0.2) is 0 Å². The Morgan fingerprint density at radius 3 is 2.78 bits per heavy atom. The summed E-state index contributed by atoms with van der Waals surface area (Å²) >= 11 is 0. The minimum Gasteiger partial charge on any atom is -0.468 e. The molecule has 126 valence electrons. The van der Waals surface area contributed by atoms with Crippen LogP contribution in [-0.4, -0.2) is 60.3 Å². The molecular formula is C17H24N2O4. The number of aliphatic hydroxyl groups is 2. The Bertz CT molecular complexity index is 577. The molecule has 1 heterocycles. The number of rotatable bonds is 7. The summed E-state index contributed by atoms with van der Waals surface area (Å²) in [6.45, 7) is 3.84. The van der Waals surface area contributed by atoms with Crippen LogP contribution in [0, 0.1) is 18.8 Å². The van der Waals surface area contributed by atoms with E-state index < -0.39 is 0 Å². The molecule has 1 aromatic rings. The van der Waals surface area contributed by atoms with E-state index in [0.29, 0.717) is 19.6 Å². The summed E-state index contributed by atoms with van der Waals surface area (Å²) in [6, 6.07) is 0. The van der Waals surface area contributed by atoms with Gasteiger partial charge in [0.15, 0.2) is 6.61 Å². The smallest absolute Gasteiger partial charge is 0.177 e. The van der Waals surface area contributed by atoms with Gasteiger partial charge in [-0.3, -0.25) is 4.90 Å². The number of hydrogen-bond acceptors (Lipinski definition) is 6. The molecule has 2 rings (SSSR count). The second-order valence-electron chi connectivity index (χ2n) is 5.46. The second-order valence-corrected chi connectivity index (χ2v) is 5.46. The Labute approximate surface area is 136 Å². The van der Waals surface area contributed by atoms with Gasteiger partial charge in [0.1, 0.15) is 5.76 Å². The van der Waals surface area contributed by atoms with E-state index in [0.717, 1.165) is 41.9 Å². The van der Waals surface area contributed by atoms with E-state index in [1.54, 1.807) is 6.26 Å². The maximum Gasteiger partial charge on any atom is 0.177 e. The maximum atomic E-state index is 8.91. The lowest BCUT2D eigenvalue weighted by atomic mass is 9.94. The van der Waals surface area contributed by atoms with Gasteiger partial charge in [-0.2, -0.15) is 0 Å². The first-order chi connectivity index (χ1) is 11.3. The average Bonchev–Trinajstić information content (AvgIpc) is 2.93. The van der Waals surface area contributed by atoms with Crippen molar-refractivity contribution in [2.24, 2.45) is 5.16 Å². The number of fused-ring (bicyclic) bond motifs is 1. The molecule has 6 heteroatoms. The van der Waals surface area contributed by atoms with Crippen molar-refractivity contribution in [3.63, 3.8) is 0 Å². The predicted octanol–water partition coefficient (Wildman–Crippen LogP) is 0.935. The minimum atomic E-state index is 0.0538. The number of oxime groups is 1. The zero-order valence-corrected chi connectivity index (χ0v) is 13.5. The fourth-order valence-electron chi connectivity index (χ4n) is 2.62. The molecule has 0 radical (unpaired) electrons. The standard InChI is InChI=1S/C17H24N2O4/c1-14-13-22-16-6-4-5-15(17(14)16)18-23-12-3-2-7-19(8-10-20)9-11-21/h13,20-21H,4-12H2,1H3/b18-15+. The van der Waals surface area contributed by atoms with Crippen LogP contribution in [0.25, 0.3) is 0 Å². The summed E-state index contributed by atoms with van der Waals surface area (Å²) in [5, 5.41) is 22.0. The maximum absolute atomic E-state index is 8.91. The van der Waals surface area contributed by atoms with Crippen LogP contribution in [0.2, 0.25) is 0 Å². The van der Waals surface area contributed by atoms with E-state index in [2.05, 4.69) is 17.0 Å². The summed E-state index contributed by atoms with van der Waals surface area (Å²) in [4.78, 5) is 7.19. The van der Waals surface area contributed by atoms with Gasteiger partial charge < -0.3 is 19.5 Å². The first-order valence-electron chi connectivity index (χ1n) is 7.92. The first kappa shape index (κ1) is 17.5. The van der Waals surface area contributed by atoms with Crippen LogP contribution in [0.15, 0.2) is 15.8 Å². The summed E-state index contributed by atoms with van der Waals surface area (Å²) in [6.07, 6.45) is 4.63. The molecule has 0 bridgehead atoms. The molecule has 0 aromatic carbocycles. The van der Waals surface area contributed by atoms with Crippen molar-refractivity contribution >= 4 is 5.71 Å². The van der Waals surface area contributed by atoms with Crippen molar-refractivity contribution in [1.29, 1.82) is 0 Å². The SMILES string of the molecule is Cc1coc2c1/C(=N/OCC#CCN(CCO)CCO)CCC2. The van der Waals surface area contributed by atoms with Crippen molar-refractivity contribution in [3.8, 4) is 11.8 Å². The van der Waals surface area contributed by atoms with Crippen LogP contribution in [0.4, 0.5) is 0 Å². The van der Waals surface area contributed by atoms with Gasteiger partial charge in [0.2, 0.25) is 0 Å². The lowest BCUT2D eigenvalue weighted by Crippen LogP contribution is -2.30. The molecule has 0 fully saturated rings. The Kier molecular flexibility index (Phi) is 7.14. The van der Waals surface area contributed by atoms with E-state index in [4.69, 9.17) is 19.5 Å². The number of furan rings is 1. The molecule has 6 nitrogen and oxygen atoms in total. The van der Waals surface area contributed by atoms with Crippen LogP contribution in [0.5, 0.6) is 0 Å². The van der Waals surface area contributed by atoms with Gasteiger partial charge >= 0.3 is 0 Å². The largest absolute Gasteiger partial charge is 0.468 e. The Hall–Kier alpha value is -1.81. The van der Waals surface area contributed by atoms with Crippen LogP contribution >= 0.6 is 0 Å². The van der Waals surface area contributed by atoms with Gasteiger partial charge in [0, 0.05) is 25.1 Å². The molecule has 0 saturated carbocycles. The van der Waals surface area contributed by atoms with E-state index in [1.807, 2.05) is 11.8 Å². The third-order valence-electron chi connectivity index (χ3n) is 3.73. The number of aliphatic hydroxyl groups excluding tert-OH is 2. The molecule has 0 saturated heterocycles. The molecule has 1 aliphatic carbocycles. The monoisotopic (exact) mass is 320 g/mol. The highest BCUT2D eigenvalue weighted by atomic mass is 16.6. The third-order valence-corrected chi connectivity index (χ3v) is 3.73. The molecule has 2 N–H and O–H groups in total. The summed E-state index contributed by atoms with van der Waals surface area (Å²) in [5.74, 6) is 6.85. The predicted molar refractivity (Wildman–Crippen MR) is 87.3 cm³/mol. The summed E-state index contributed by atoms with van der Waals surface area (Å²) in [7, 11) is 0. The molecule has 0 atom stereocenters. The zero-order valence-electron chi connectivity index (χ0n) is 13.5. The molecule has 0 spiro atoms. The lowest BCUT2D eigenvalue weighted by molar-refractivity contribution is 0.172. The fourth-order valence-corrected chi connectivity index (χ4v) is 2.62. The first-order valence-corrected chi connectivity index (χ1v) is 7.92. The van der Waals surface area contributed by atoms with E-state index in [9.17, 15) is 0 Å². The highest BCUT2D eigenvalue weighted by Crippen LogP contribution is 2.26. The van der Waals surface area contributed by atoms with Gasteiger partial charge in [0.25, 0.3) is 0 Å². The van der Waals surface area contributed by atoms with Crippen molar-refractivity contribution in [2.45, 2.75) is 26.2 Å². The van der Waals surface area contributed by atoms with Gasteiger partial charge in [-0.1, -0.05) is 17.0 Å². The van der Waals surface area contributed by atoms with E-state index >= 15 is 0 Å². The van der Waals surface area contributed by atoms with Crippen LogP contribution in [0.3, 0.4) is 0 Å². The molecule has 1 aromatic heterocycles. The van der Waals surface area contributed by atoms with Crippen LogP contribution in [0.1, 0.15) is 29.7 Å². The molecule has 0 unspecified atom stereocenters. The molecule has 23 heavy (non-hydrogen) atoms. The number of aryl methyl sites for hydroxylation is 2. The molecular weight excluding hydrogens is 296 g/mol. The minimum absolute atomic E-state index is 0.0538. The normalized spacial score (nSPS) is 15.4. The third kappa shape index (κ3) is 5.10. The second kappa shape index (κ2) is 9.36. The molecule has 1 aliphatic rings. The fraction of sp³-hybridized carbons (Fsp3) is 0.588. The van der Waals surface area contributed by atoms with Crippen molar-refractivity contribution in [1.82, 2.24) is 4.90 Å². The van der Waals surface area contributed by atoms with Crippen LogP contribution in [-0.2, 0) is 11.3 Å². The molecule has 0 amide bonds. The number of hydrogen-bond donors (Lipinski definition) is 2. The van der Waals surface area contributed by atoms with E-state index in [-0.39, 0.29) is 19.8 Å².